The molecule has 0 aliphatic heterocycles. The minimum absolute atomic E-state index is 0.114. The lowest BCUT2D eigenvalue weighted by molar-refractivity contribution is -0.120. The normalized spacial score (nSPS) is 21.5. The lowest BCUT2D eigenvalue weighted by Gasteiger charge is -2.38. The van der Waals surface area contributed by atoms with Gasteiger partial charge in [-0.05, 0) is 50.8 Å². The summed E-state index contributed by atoms with van der Waals surface area (Å²) >= 11 is 0. The Morgan fingerprint density at radius 3 is 2.56 bits per heavy atom. The van der Waals surface area contributed by atoms with Crippen molar-refractivity contribution < 1.29 is 27.4 Å². The predicted octanol–water partition coefficient (Wildman–Crippen LogP) is 1.59. The number of aliphatic hydroxyl groups is 1. The van der Waals surface area contributed by atoms with Crippen molar-refractivity contribution in [1.82, 2.24) is 5.32 Å². The molecule has 25 heavy (non-hydrogen) atoms. The molecule has 2 rings (SSSR count). The highest BCUT2D eigenvalue weighted by atomic mass is 32.2. The van der Waals surface area contributed by atoms with Crippen molar-refractivity contribution in [3.8, 4) is 5.75 Å². The summed E-state index contributed by atoms with van der Waals surface area (Å²) in [4.78, 5) is 12.3. The first kappa shape index (κ1) is 19.7. The Morgan fingerprint density at radius 1 is 1.40 bits per heavy atom. The second-order valence-electron chi connectivity index (χ2n) is 6.67. The fourth-order valence-corrected chi connectivity index (χ4v) is 3.65. The minimum atomic E-state index is -3.54. The third-order valence-electron chi connectivity index (χ3n) is 4.51. The van der Waals surface area contributed by atoms with Gasteiger partial charge in [0, 0.05) is 5.56 Å². The summed E-state index contributed by atoms with van der Waals surface area (Å²) in [6.07, 6.45) is 0.423. The van der Waals surface area contributed by atoms with Crippen molar-refractivity contribution in [3.05, 3.63) is 29.6 Å². The number of nitrogens with one attached hydrogen (secondary N) is 1. The number of amides is 1. The Bertz CT molecular complexity index is 729. The van der Waals surface area contributed by atoms with Crippen LogP contribution in [-0.4, -0.2) is 43.6 Å². The third kappa shape index (κ3) is 4.70. The van der Waals surface area contributed by atoms with Crippen molar-refractivity contribution in [1.29, 1.82) is 0 Å². The second-order valence-corrected chi connectivity index (χ2v) is 9.23. The molecule has 1 amide bonds. The Hall–Kier alpha value is -1.67. The Balaban J connectivity index is 2.26. The molecule has 1 aliphatic rings. The van der Waals surface area contributed by atoms with Crippen LogP contribution in [0.1, 0.15) is 38.3 Å². The first-order valence-corrected chi connectivity index (χ1v) is 9.88. The van der Waals surface area contributed by atoms with Gasteiger partial charge in [-0.15, -0.1) is 0 Å². The Labute approximate surface area is 147 Å². The molecule has 1 aromatic rings. The first-order chi connectivity index (χ1) is 11.6. The van der Waals surface area contributed by atoms with Crippen molar-refractivity contribution >= 4 is 15.7 Å². The second kappa shape index (κ2) is 7.70. The third-order valence-corrected chi connectivity index (χ3v) is 6.62. The van der Waals surface area contributed by atoms with Crippen molar-refractivity contribution in [2.75, 3.05) is 12.9 Å². The maximum atomic E-state index is 13.7. The SMILES string of the molecule is COc1ccc(F)cc1[C@H](NC(=O)CS(=O)(=O)C(C)C)C1CC(O)C1. The number of sulfone groups is 1. The number of carbonyl (C=O) groups excluding carboxylic acids is 1. The number of rotatable bonds is 7. The molecule has 1 saturated carbocycles. The number of methoxy groups -OCH3 is 1. The summed E-state index contributed by atoms with van der Waals surface area (Å²) in [6, 6.07) is 3.36. The molecule has 1 fully saturated rings. The number of ether oxygens (including phenoxy) is 1. The monoisotopic (exact) mass is 373 g/mol. The van der Waals surface area contributed by atoms with Crippen LogP contribution in [0.2, 0.25) is 0 Å². The van der Waals surface area contributed by atoms with Crippen LogP contribution < -0.4 is 10.1 Å². The molecular weight excluding hydrogens is 349 g/mol. The molecule has 0 saturated heterocycles. The molecule has 0 bridgehead atoms. The summed E-state index contributed by atoms with van der Waals surface area (Å²) in [7, 11) is -2.10. The molecule has 0 radical (unpaired) electrons. The number of hydrogen-bond donors (Lipinski definition) is 2. The van der Waals surface area contributed by atoms with Gasteiger partial charge in [-0.3, -0.25) is 4.79 Å². The standard InChI is InChI=1S/C17H24FNO5S/c1-10(2)25(22,23)9-16(21)19-17(11-6-13(20)7-11)14-8-12(18)4-5-15(14)24-3/h4-5,8,10-11,13,17,20H,6-7,9H2,1-3H3,(H,19,21)/t11?,13?,17-/m1/s1. The Morgan fingerprint density at radius 2 is 2.04 bits per heavy atom. The van der Waals surface area contributed by atoms with E-state index in [0.29, 0.717) is 24.2 Å². The van der Waals surface area contributed by atoms with Crippen LogP contribution in [-0.2, 0) is 14.6 Å². The van der Waals surface area contributed by atoms with Crippen LogP contribution in [0.3, 0.4) is 0 Å². The van der Waals surface area contributed by atoms with E-state index in [4.69, 9.17) is 4.74 Å². The quantitative estimate of drug-likeness (QED) is 0.757. The summed E-state index contributed by atoms with van der Waals surface area (Å²) in [5.41, 5.74) is 0.440. The van der Waals surface area contributed by atoms with Gasteiger partial charge < -0.3 is 15.2 Å². The van der Waals surface area contributed by atoms with Gasteiger partial charge in [-0.25, -0.2) is 12.8 Å². The molecule has 1 atom stereocenters. The molecule has 0 heterocycles. The van der Waals surface area contributed by atoms with E-state index < -0.39 is 44.7 Å². The zero-order valence-corrected chi connectivity index (χ0v) is 15.3. The molecule has 1 aliphatic carbocycles. The number of hydrogen-bond acceptors (Lipinski definition) is 5. The zero-order valence-electron chi connectivity index (χ0n) is 14.5. The van der Waals surface area contributed by atoms with E-state index in [1.807, 2.05) is 0 Å². The van der Waals surface area contributed by atoms with E-state index in [1.165, 1.54) is 39.2 Å². The molecule has 1 aromatic carbocycles. The first-order valence-electron chi connectivity index (χ1n) is 8.16. The molecule has 0 aromatic heterocycles. The topological polar surface area (TPSA) is 92.7 Å². The molecule has 140 valence electrons. The lowest BCUT2D eigenvalue weighted by atomic mass is 9.75. The van der Waals surface area contributed by atoms with E-state index in [9.17, 15) is 22.7 Å². The fourth-order valence-electron chi connectivity index (χ4n) is 2.86. The predicted molar refractivity (Wildman–Crippen MR) is 91.5 cm³/mol. The van der Waals surface area contributed by atoms with Gasteiger partial charge in [0.05, 0.1) is 24.5 Å². The molecule has 8 heteroatoms. The van der Waals surface area contributed by atoms with Gasteiger partial charge in [0.2, 0.25) is 5.91 Å². The van der Waals surface area contributed by atoms with Gasteiger partial charge >= 0.3 is 0 Å². The van der Waals surface area contributed by atoms with Gasteiger partial charge in [-0.1, -0.05) is 0 Å². The van der Waals surface area contributed by atoms with Crippen LogP contribution in [0.15, 0.2) is 18.2 Å². The van der Waals surface area contributed by atoms with Gasteiger partial charge in [0.15, 0.2) is 9.84 Å². The van der Waals surface area contributed by atoms with Crippen molar-refractivity contribution in [2.24, 2.45) is 5.92 Å². The highest BCUT2D eigenvalue weighted by molar-refractivity contribution is 7.92. The average molecular weight is 373 g/mol. The van der Waals surface area contributed by atoms with E-state index >= 15 is 0 Å². The van der Waals surface area contributed by atoms with Gasteiger partial charge in [0.25, 0.3) is 0 Å². The lowest BCUT2D eigenvalue weighted by Crippen LogP contribution is -2.43. The summed E-state index contributed by atoms with van der Waals surface area (Å²) < 4.78 is 42.9. The summed E-state index contributed by atoms with van der Waals surface area (Å²) in [5.74, 6) is -1.47. The minimum Gasteiger partial charge on any atom is -0.496 e. The smallest absolute Gasteiger partial charge is 0.235 e. The van der Waals surface area contributed by atoms with Crippen molar-refractivity contribution in [3.63, 3.8) is 0 Å². The summed E-state index contributed by atoms with van der Waals surface area (Å²) in [6.45, 7) is 3.02. The van der Waals surface area contributed by atoms with Gasteiger partial charge in [0.1, 0.15) is 17.3 Å². The number of aliphatic hydroxyl groups excluding tert-OH is 1. The van der Waals surface area contributed by atoms with Crippen LogP contribution in [0, 0.1) is 11.7 Å². The van der Waals surface area contributed by atoms with E-state index in [1.54, 1.807) is 0 Å². The maximum absolute atomic E-state index is 13.7. The number of benzene rings is 1. The van der Waals surface area contributed by atoms with Gasteiger partial charge in [-0.2, -0.15) is 0 Å². The highest BCUT2D eigenvalue weighted by Gasteiger charge is 2.37. The average Bonchev–Trinajstić information content (AvgIpc) is 2.49. The van der Waals surface area contributed by atoms with E-state index in [2.05, 4.69) is 5.32 Å². The van der Waals surface area contributed by atoms with Crippen LogP contribution >= 0.6 is 0 Å². The fraction of sp³-hybridized carbons (Fsp3) is 0.588. The highest BCUT2D eigenvalue weighted by Crippen LogP contribution is 2.41. The Kier molecular flexibility index (Phi) is 6.05. The molecule has 2 N–H and O–H groups in total. The van der Waals surface area contributed by atoms with Crippen LogP contribution in [0.4, 0.5) is 4.39 Å². The zero-order chi connectivity index (χ0) is 18.8. The van der Waals surface area contributed by atoms with Crippen molar-refractivity contribution in [2.45, 2.75) is 44.1 Å². The van der Waals surface area contributed by atoms with Crippen LogP contribution in [0.25, 0.3) is 0 Å². The van der Waals surface area contributed by atoms with Crippen LogP contribution in [0.5, 0.6) is 5.75 Å². The molecule has 0 unspecified atom stereocenters. The maximum Gasteiger partial charge on any atom is 0.235 e. The largest absolute Gasteiger partial charge is 0.496 e. The van der Waals surface area contributed by atoms with E-state index in [0.717, 1.165) is 0 Å². The molecular formula is C17H24FNO5S. The number of carbonyl (C=O) groups is 1. The van der Waals surface area contributed by atoms with E-state index in [-0.39, 0.29) is 5.92 Å². The molecule has 0 spiro atoms. The summed E-state index contributed by atoms with van der Waals surface area (Å²) in [5, 5.41) is 11.6. The molecule has 6 nitrogen and oxygen atoms in total. The number of halogens is 1.